The molecule has 98 valence electrons. The average molecular weight is 258 g/mol. The van der Waals surface area contributed by atoms with Gasteiger partial charge < -0.3 is 4.74 Å². The van der Waals surface area contributed by atoms with Gasteiger partial charge in [0.1, 0.15) is 5.75 Å². The molecule has 0 spiro atoms. The molecule has 1 heterocycles. The molecule has 1 aromatic carbocycles. The minimum Gasteiger partial charge on any atom is -0.491 e. The Labute approximate surface area is 110 Å². The van der Waals surface area contributed by atoms with E-state index in [0.29, 0.717) is 12.0 Å². The molecule has 0 saturated carbocycles. The van der Waals surface area contributed by atoms with Crippen molar-refractivity contribution in [3.8, 4) is 17.0 Å². The lowest BCUT2D eigenvalue weighted by Gasteiger charge is -2.09. The molecule has 0 atom stereocenters. The lowest BCUT2D eigenvalue weighted by molar-refractivity contribution is 0.112. The molecule has 5 nitrogen and oxygen atoms in total. The number of carbonyl (C=O) groups is 1. The smallest absolute Gasteiger partial charge is 0.274 e. The molecule has 0 fully saturated rings. The number of hydrogen-bond acceptors (Lipinski definition) is 4. The van der Waals surface area contributed by atoms with Crippen LogP contribution in [0.1, 0.15) is 24.2 Å². The van der Waals surface area contributed by atoms with Crippen LogP contribution in [0, 0.1) is 0 Å². The number of aromatic nitrogens is 2. The number of nitrogens with zero attached hydrogens (tertiary/aromatic N) is 1. The first-order chi connectivity index (χ1) is 9.10. The Hall–Kier alpha value is -2.43. The van der Waals surface area contributed by atoms with Gasteiger partial charge in [0.05, 0.1) is 17.4 Å². The molecule has 0 aliphatic carbocycles. The van der Waals surface area contributed by atoms with Crippen LogP contribution in [0.4, 0.5) is 0 Å². The third-order valence-corrected chi connectivity index (χ3v) is 2.48. The Morgan fingerprint density at radius 1 is 1.26 bits per heavy atom. The number of aldehydes is 1. The third kappa shape index (κ3) is 3.07. The van der Waals surface area contributed by atoms with Gasteiger partial charge in [-0.2, -0.15) is 5.10 Å². The first-order valence-electron chi connectivity index (χ1n) is 5.92. The van der Waals surface area contributed by atoms with E-state index in [1.807, 2.05) is 38.1 Å². The van der Waals surface area contributed by atoms with Crippen LogP contribution in [0.15, 0.2) is 35.1 Å². The number of rotatable bonds is 4. The summed E-state index contributed by atoms with van der Waals surface area (Å²) >= 11 is 0. The highest BCUT2D eigenvalue weighted by molar-refractivity contribution is 5.76. The van der Waals surface area contributed by atoms with Gasteiger partial charge in [-0.25, -0.2) is 5.10 Å². The number of nitrogens with one attached hydrogen (secondary N) is 1. The number of H-pyrrole nitrogens is 1. The fourth-order valence-electron chi connectivity index (χ4n) is 1.63. The highest BCUT2D eigenvalue weighted by atomic mass is 16.5. The molecule has 2 rings (SSSR count). The SMILES string of the molecule is CC(C)Oc1ccc(-c2cc(C=O)c(=O)[nH]n2)cc1. The second-order valence-corrected chi connectivity index (χ2v) is 4.35. The maximum Gasteiger partial charge on any atom is 0.274 e. The van der Waals surface area contributed by atoms with Gasteiger partial charge in [-0.05, 0) is 44.2 Å². The van der Waals surface area contributed by atoms with E-state index in [0.717, 1.165) is 11.3 Å². The van der Waals surface area contributed by atoms with Gasteiger partial charge in [-0.3, -0.25) is 9.59 Å². The van der Waals surface area contributed by atoms with Crippen LogP contribution in [0.5, 0.6) is 5.75 Å². The maximum absolute atomic E-state index is 11.2. The van der Waals surface area contributed by atoms with E-state index >= 15 is 0 Å². The standard InChI is InChI=1S/C14H14N2O3/c1-9(2)19-12-5-3-10(4-6-12)13-7-11(8-17)14(18)16-15-13/h3-9H,1-2H3,(H,16,18). The Bertz CT molecular complexity index is 630. The summed E-state index contributed by atoms with van der Waals surface area (Å²) in [6, 6.07) is 8.76. The molecule has 0 aliphatic rings. The summed E-state index contributed by atoms with van der Waals surface area (Å²) in [5.41, 5.74) is 0.916. The number of carbonyl (C=O) groups excluding carboxylic acids is 1. The van der Waals surface area contributed by atoms with Crippen molar-refractivity contribution in [2.45, 2.75) is 20.0 Å². The zero-order chi connectivity index (χ0) is 13.8. The van der Waals surface area contributed by atoms with Gasteiger partial charge in [-0.1, -0.05) is 0 Å². The van der Waals surface area contributed by atoms with Crippen molar-refractivity contribution in [3.63, 3.8) is 0 Å². The van der Waals surface area contributed by atoms with Crippen LogP contribution in [-0.2, 0) is 0 Å². The van der Waals surface area contributed by atoms with E-state index in [-0.39, 0.29) is 11.7 Å². The van der Waals surface area contributed by atoms with E-state index < -0.39 is 5.56 Å². The molecule has 1 N–H and O–H groups in total. The van der Waals surface area contributed by atoms with Crippen LogP contribution in [0.3, 0.4) is 0 Å². The molecule has 0 aliphatic heterocycles. The van der Waals surface area contributed by atoms with Gasteiger partial charge in [0.25, 0.3) is 5.56 Å². The summed E-state index contributed by atoms with van der Waals surface area (Å²) in [6.07, 6.45) is 0.624. The molecule has 0 bridgehead atoms. The Morgan fingerprint density at radius 2 is 1.95 bits per heavy atom. The number of aromatic amines is 1. The molecule has 0 unspecified atom stereocenters. The average Bonchev–Trinajstić information content (AvgIpc) is 2.40. The fraction of sp³-hybridized carbons (Fsp3) is 0.214. The van der Waals surface area contributed by atoms with Gasteiger partial charge in [0.15, 0.2) is 6.29 Å². The van der Waals surface area contributed by atoms with E-state index in [9.17, 15) is 9.59 Å². The molecule has 0 radical (unpaired) electrons. The Morgan fingerprint density at radius 3 is 2.53 bits per heavy atom. The van der Waals surface area contributed by atoms with Gasteiger partial charge in [0.2, 0.25) is 0 Å². The van der Waals surface area contributed by atoms with Crippen molar-refractivity contribution in [2.75, 3.05) is 0 Å². The van der Waals surface area contributed by atoms with Crippen molar-refractivity contribution in [2.24, 2.45) is 0 Å². The van der Waals surface area contributed by atoms with Gasteiger partial charge in [-0.15, -0.1) is 0 Å². The first-order valence-corrected chi connectivity index (χ1v) is 5.92. The Kier molecular flexibility index (Phi) is 3.75. The lowest BCUT2D eigenvalue weighted by atomic mass is 10.1. The van der Waals surface area contributed by atoms with Crippen molar-refractivity contribution in [1.82, 2.24) is 10.2 Å². The van der Waals surface area contributed by atoms with Crippen LogP contribution in [-0.4, -0.2) is 22.6 Å². The minimum atomic E-state index is -0.487. The van der Waals surface area contributed by atoms with Crippen LogP contribution >= 0.6 is 0 Å². The molecular formula is C14H14N2O3. The highest BCUT2D eigenvalue weighted by Gasteiger charge is 2.05. The molecule has 0 saturated heterocycles. The topological polar surface area (TPSA) is 72.1 Å². The van der Waals surface area contributed by atoms with Crippen LogP contribution in [0.2, 0.25) is 0 Å². The quantitative estimate of drug-likeness (QED) is 0.852. The van der Waals surface area contributed by atoms with E-state index in [2.05, 4.69) is 10.2 Å². The number of benzene rings is 1. The summed E-state index contributed by atoms with van der Waals surface area (Å²) in [5.74, 6) is 0.763. The van der Waals surface area contributed by atoms with E-state index in [1.54, 1.807) is 0 Å². The molecule has 5 heteroatoms. The molecule has 19 heavy (non-hydrogen) atoms. The summed E-state index contributed by atoms with van der Waals surface area (Å²) < 4.78 is 5.53. The van der Waals surface area contributed by atoms with Gasteiger partial charge >= 0.3 is 0 Å². The van der Waals surface area contributed by atoms with Crippen LogP contribution < -0.4 is 10.3 Å². The Balaban J connectivity index is 2.32. The number of ether oxygens (including phenoxy) is 1. The summed E-state index contributed by atoms with van der Waals surface area (Å²) in [5, 5.41) is 6.21. The third-order valence-electron chi connectivity index (χ3n) is 2.48. The molecule has 1 aromatic heterocycles. The van der Waals surface area contributed by atoms with Crippen molar-refractivity contribution in [3.05, 3.63) is 46.2 Å². The predicted molar refractivity (Wildman–Crippen MR) is 71.4 cm³/mol. The fourth-order valence-corrected chi connectivity index (χ4v) is 1.63. The molecule has 0 amide bonds. The second kappa shape index (κ2) is 5.48. The predicted octanol–water partition coefficient (Wildman–Crippen LogP) is 2.04. The van der Waals surface area contributed by atoms with Crippen molar-refractivity contribution >= 4 is 6.29 Å². The summed E-state index contributed by atoms with van der Waals surface area (Å²) in [4.78, 5) is 22.0. The second-order valence-electron chi connectivity index (χ2n) is 4.35. The molecular weight excluding hydrogens is 244 g/mol. The monoisotopic (exact) mass is 258 g/mol. The minimum absolute atomic E-state index is 0.0625. The zero-order valence-electron chi connectivity index (χ0n) is 10.7. The highest BCUT2D eigenvalue weighted by Crippen LogP contribution is 2.20. The summed E-state index contributed by atoms with van der Waals surface area (Å²) in [6.45, 7) is 3.90. The number of hydrogen-bond donors (Lipinski definition) is 1. The van der Waals surface area contributed by atoms with E-state index in [1.165, 1.54) is 6.07 Å². The summed E-state index contributed by atoms with van der Waals surface area (Å²) in [7, 11) is 0. The van der Waals surface area contributed by atoms with Crippen LogP contribution in [0.25, 0.3) is 11.3 Å². The van der Waals surface area contributed by atoms with Crippen molar-refractivity contribution < 1.29 is 9.53 Å². The normalized spacial score (nSPS) is 10.5. The molecule has 2 aromatic rings. The first kappa shape index (κ1) is 13.0. The largest absolute Gasteiger partial charge is 0.491 e. The van der Waals surface area contributed by atoms with Gasteiger partial charge in [0, 0.05) is 5.56 Å². The van der Waals surface area contributed by atoms with Crippen molar-refractivity contribution in [1.29, 1.82) is 0 Å². The lowest BCUT2D eigenvalue weighted by Crippen LogP contribution is -2.13. The zero-order valence-corrected chi connectivity index (χ0v) is 10.7. The maximum atomic E-state index is 11.2. The van der Waals surface area contributed by atoms with E-state index in [4.69, 9.17) is 4.74 Å².